The van der Waals surface area contributed by atoms with E-state index >= 15 is 0 Å². The molecule has 0 aromatic heterocycles. The molecule has 0 aromatic carbocycles. The molecule has 1 rings (SSSR count). The summed E-state index contributed by atoms with van der Waals surface area (Å²) >= 11 is 0. The summed E-state index contributed by atoms with van der Waals surface area (Å²) in [7, 11) is 0. The zero-order valence-electron chi connectivity index (χ0n) is 10.9. The molecule has 1 fully saturated rings. The van der Waals surface area contributed by atoms with Crippen LogP contribution in [-0.4, -0.2) is 26.2 Å². The molecular formula is C13H28N2. The fraction of sp³-hybridized carbons (Fsp3) is 1.00. The summed E-state index contributed by atoms with van der Waals surface area (Å²) in [5, 5.41) is 7.18. The van der Waals surface area contributed by atoms with E-state index in [4.69, 9.17) is 0 Å². The minimum atomic E-state index is 0.400. The fourth-order valence-electron chi connectivity index (χ4n) is 2.31. The van der Waals surface area contributed by atoms with Crippen molar-refractivity contribution < 1.29 is 0 Å². The standard InChI is InChI=1S/C13H28N2/c1-5-13(7-6-8-14-10-13)11-15-9-12(2,3)4/h14-15H,5-11H2,1-4H3. The molecule has 2 nitrogen and oxygen atoms in total. The Morgan fingerprint density at radius 3 is 2.53 bits per heavy atom. The molecule has 1 aliphatic heterocycles. The Labute approximate surface area is 95.2 Å². The van der Waals surface area contributed by atoms with Crippen LogP contribution in [0.1, 0.15) is 47.0 Å². The minimum Gasteiger partial charge on any atom is -0.316 e. The fourth-order valence-corrected chi connectivity index (χ4v) is 2.31. The van der Waals surface area contributed by atoms with Crippen LogP contribution in [0.5, 0.6) is 0 Å². The smallest absolute Gasteiger partial charge is 0.00201 e. The van der Waals surface area contributed by atoms with Gasteiger partial charge in [0.2, 0.25) is 0 Å². The summed E-state index contributed by atoms with van der Waals surface area (Å²) < 4.78 is 0. The van der Waals surface area contributed by atoms with Crippen LogP contribution in [0.2, 0.25) is 0 Å². The Balaban J connectivity index is 2.33. The number of hydrogen-bond acceptors (Lipinski definition) is 2. The van der Waals surface area contributed by atoms with Crippen molar-refractivity contribution in [3.05, 3.63) is 0 Å². The molecule has 1 aliphatic rings. The van der Waals surface area contributed by atoms with Crippen molar-refractivity contribution in [1.29, 1.82) is 0 Å². The average molecular weight is 212 g/mol. The van der Waals surface area contributed by atoms with E-state index in [-0.39, 0.29) is 0 Å². The van der Waals surface area contributed by atoms with Gasteiger partial charge in [-0.3, -0.25) is 0 Å². The van der Waals surface area contributed by atoms with E-state index in [1.54, 1.807) is 0 Å². The van der Waals surface area contributed by atoms with Crippen molar-refractivity contribution >= 4 is 0 Å². The van der Waals surface area contributed by atoms with Crippen LogP contribution >= 0.6 is 0 Å². The van der Waals surface area contributed by atoms with Crippen LogP contribution in [0, 0.1) is 10.8 Å². The van der Waals surface area contributed by atoms with Crippen LogP contribution < -0.4 is 10.6 Å². The first-order valence-electron chi connectivity index (χ1n) is 6.39. The number of rotatable bonds is 4. The molecule has 0 saturated carbocycles. The molecule has 1 atom stereocenters. The maximum Gasteiger partial charge on any atom is 0.00201 e. The molecule has 90 valence electrons. The quantitative estimate of drug-likeness (QED) is 0.748. The molecule has 0 aliphatic carbocycles. The molecule has 0 bridgehead atoms. The van der Waals surface area contributed by atoms with Gasteiger partial charge in [0.15, 0.2) is 0 Å². The van der Waals surface area contributed by atoms with E-state index in [0.29, 0.717) is 10.8 Å². The predicted molar refractivity (Wildman–Crippen MR) is 67.2 cm³/mol. The summed E-state index contributed by atoms with van der Waals surface area (Å²) in [5.41, 5.74) is 0.917. The lowest BCUT2D eigenvalue weighted by Crippen LogP contribution is -2.47. The van der Waals surface area contributed by atoms with Gasteiger partial charge in [-0.2, -0.15) is 0 Å². The Morgan fingerprint density at radius 1 is 1.33 bits per heavy atom. The molecule has 1 heterocycles. The number of piperidine rings is 1. The second kappa shape index (κ2) is 5.31. The topological polar surface area (TPSA) is 24.1 Å². The second-order valence-corrected chi connectivity index (χ2v) is 6.30. The van der Waals surface area contributed by atoms with Gasteiger partial charge in [0, 0.05) is 19.6 Å². The molecule has 0 radical (unpaired) electrons. The average Bonchev–Trinajstić information content (AvgIpc) is 2.17. The lowest BCUT2D eigenvalue weighted by molar-refractivity contribution is 0.185. The van der Waals surface area contributed by atoms with Gasteiger partial charge in [0.1, 0.15) is 0 Å². The third-order valence-electron chi connectivity index (χ3n) is 3.47. The van der Waals surface area contributed by atoms with E-state index in [0.717, 1.165) is 6.54 Å². The molecule has 2 N–H and O–H groups in total. The van der Waals surface area contributed by atoms with Gasteiger partial charge in [-0.05, 0) is 36.6 Å². The molecule has 15 heavy (non-hydrogen) atoms. The normalized spacial score (nSPS) is 28.0. The summed E-state index contributed by atoms with van der Waals surface area (Å²) in [5.74, 6) is 0. The highest BCUT2D eigenvalue weighted by atomic mass is 14.9. The molecule has 1 unspecified atom stereocenters. The molecule has 0 spiro atoms. The second-order valence-electron chi connectivity index (χ2n) is 6.30. The summed E-state index contributed by atoms with van der Waals surface area (Å²) in [4.78, 5) is 0. The molecule has 2 heteroatoms. The van der Waals surface area contributed by atoms with E-state index in [1.807, 2.05) is 0 Å². The van der Waals surface area contributed by atoms with Gasteiger partial charge in [-0.1, -0.05) is 27.7 Å². The van der Waals surface area contributed by atoms with Crippen LogP contribution in [0.25, 0.3) is 0 Å². The van der Waals surface area contributed by atoms with Crippen molar-refractivity contribution in [2.75, 3.05) is 26.2 Å². The minimum absolute atomic E-state index is 0.400. The van der Waals surface area contributed by atoms with Crippen molar-refractivity contribution in [2.45, 2.75) is 47.0 Å². The van der Waals surface area contributed by atoms with Crippen molar-refractivity contribution in [1.82, 2.24) is 10.6 Å². The highest BCUT2D eigenvalue weighted by Crippen LogP contribution is 2.29. The third kappa shape index (κ3) is 4.52. The number of hydrogen-bond donors (Lipinski definition) is 2. The van der Waals surface area contributed by atoms with Crippen LogP contribution in [0.4, 0.5) is 0 Å². The zero-order valence-corrected chi connectivity index (χ0v) is 10.9. The third-order valence-corrected chi connectivity index (χ3v) is 3.47. The Bertz CT molecular complexity index is 175. The van der Waals surface area contributed by atoms with Crippen LogP contribution in [0.3, 0.4) is 0 Å². The van der Waals surface area contributed by atoms with Gasteiger partial charge in [0.25, 0.3) is 0 Å². The largest absolute Gasteiger partial charge is 0.316 e. The maximum atomic E-state index is 3.65. The predicted octanol–water partition coefficient (Wildman–Crippen LogP) is 2.40. The SMILES string of the molecule is CCC1(CNCC(C)(C)C)CCCNC1. The summed E-state index contributed by atoms with van der Waals surface area (Å²) in [6, 6.07) is 0. The first-order chi connectivity index (χ1) is 6.97. The zero-order chi connectivity index (χ0) is 11.4. The van der Waals surface area contributed by atoms with E-state index < -0.39 is 0 Å². The Hall–Kier alpha value is -0.0800. The number of nitrogens with one attached hydrogen (secondary N) is 2. The van der Waals surface area contributed by atoms with Gasteiger partial charge in [-0.25, -0.2) is 0 Å². The van der Waals surface area contributed by atoms with Crippen LogP contribution in [-0.2, 0) is 0 Å². The van der Waals surface area contributed by atoms with Gasteiger partial charge >= 0.3 is 0 Å². The van der Waals surface area contributed by atoms with Crippen molar-refractivity contribution in [2.24, 2.45) is 10.8 Å². The van der Waals surface area contributed by atoms with Gasteiger partial charge < -0.3 is 10.6 Å². The monoisotopic (exact) mass is 212 g/mol. The molecular weight excluding hydrogens is 184 g/mol. The lowest BCUT2D eigenvalue weighted by Gasteiger charge is -2.38. The Kier molecular flexibility index (Phi) is 4.60. The highest BCUT2D eigenvalue weighted by molar-refractivity contribution is 4.86. The Morgan fingerprint density at radius 2 is 2.07 bits per heavy atom. The summed E-state index contributed by atoms with van der Waals surface area (Å²) in [6.45, 7) is 13.9. The van der Waals surface area contributed by atoms with E-state index in [9.17, 15) is 0 Å². The van der Waals surface area contributed by atoms with E-state index in [1.165, 1.54) is 38.9 Å². The molecule has 0 amide bonds. The maximum absolute atomic E-state index is 3.65. The van der Waals surface area contributed by atoms with Gasteiger partial charge in [0.05, 0.1) is 0 Å². The van der Waals surface area contributed by atoms with Crippen LogP contribution in [0.15, 0.2) is 0 Å². The molecule has 0 aromatic rings. The van der Waals surface area contributed by atoms with Gasteiger partial charge in [-0.15, -0.1) is 0 Å². The first kappa shape index (κ1) is 13.0. The van der Waals surface area contributed by atoms with Crippen molar-refractivity contribution in [3.63, 3.8) is 0 Å². The highest BCUT2D eigenvalue weighted by Gasteiger charge is 2.29. The van der Waals surface area contributed by atoms with E-state index in [2.05, 4.69) is 38.3 Å². The van der Waals surface area contributed by atoms with Crippen molar-refractivity contribution in [3.8, 4) is 0 Å². The lowest BCUT2D eigenvalue weighted by atomic mass is 9.78. The first-order valence-corrected chi connectivity index (χ1v) is 6.39. The summed E-state index contributed by atoms with van der Waals surface area (Å²) in [6.07, 6.45) is 4.01. The molecule has 1 saturated heterocycles.